The summed E-state index contributed by atoms with van der Waals surface area (Å²) in [5, 5.41) is 5.84. The van der Waals surface area contributed by atoms with E-state index in [1.54, 1.807) is 19.6 Å². The van der Waals surface area contributed by atoms with E-state index < -0.39 is 0 Å². The van der Waals surface area contributed by atoms with Crippen LogP contribution in [0.2, 0.25) is 5.02 Å². The van der Waals surface area contributed by atoms with Crippen molar-refractivity contribution in [1.29, 1.82) is 0 Å². The van der Waals surface area contributed by atoms with Gasteiger partial charge < -0.3 is 14.8 Å². The maximum atomic E-state index is 6.63. The fraction of sp³-hybridized carbons (Fsp3) is 0.316. The summed E-state index contributed by atoms with van der Waals surface area (Å²) in [6.45, 7) is 1.74. The Kier molecular flexibility index (Phi) is 5.39. The van der Waals surface area contributed by atoms with Crippen molar-refractivity contribution in [2.75, 3.05) is 27.3 Å². The minimum absolute atomic E-state index is 0.207. The lowest BCUT2D eigenvalue weighted by Crippen LogP contribution is -2.20. The highest BCUT2D eigenvalue weighted by atomic mass is 35.5. The molecule has 5 heteroatoms. The molecule has 3 rings (SSSR count). The van der Waals surface area contributed by atoms with Gasteiger partial charge in [0.25, 0.3) is 0 Å². The van der Waals surface area contributed by atoms with Crippen LogP contribution in [0.3, 0.4) is 0 Å². The zero-order valence-corrected chi connectivity index (χ0v) is 15.3. The lowest BCUT2D eigenvalue weighted by molar-refractivity contribution is 0.354. The average Bonchev–Trinajstić information content (AvgIpc) is 2.84. The van der Waals surface area contributed by atoms with Gasteiger partial charge in [0, 0.05) is 17.8 Å². The van der Waals surface area contributed by atoms with Crippen LogP contribution in [0.5, 0.6) is 11.5 Å². The van der Waals surface area contributed by atoms with Crippen molar-refractivity contribution in [1.82, 2.24) is 5.32 Å². The van der Waals surface area contributed by atoms with E-state index in [1.807, 2.05) is 0 Å². The predicted octanol–water partition coefficient (Wildman–Crippen LogP) is 3.98. The third kappa shape index (κ3) is 3.14. The molecule has 126 valence electrons. The Labute approximate surface area is 152 Å². The van der Waals surface area contributed by atoms with E-state index in [2.05, 4.69) is 35.6 Å². The van der Waals surface area contributed by atoms with Crippen molar-refractivity contribution in [3.05, 3.63) is 57.6 Å². The molecule has 0 saturated heterocycles. The van der Waals surface area contributed by atoms with Gasteiger partial charge >= 0.3 is 0 Å². The average molecular weight is 362 g/mol. The van der Waals surface area contributed by atoms with Crippen molar-refractivity contribution in [3.8, 4) is 11.5 Å². The molecule has 2 aromatic carbocycles. The van der Waals surface area contributed by atoms with Crippen LogP contribution in [0, 0.1) is 0 Å². The van der Waals surface area contributed by atoms with E-state index in [4.69, 9.17) is 33.3 Å². The van der Waals surface area contributed by atoms with Crippen molar-refractivity contribution >= 4 is 29.2 Å². The topological polar surface area (TPSA) is 30.5 Å². The third-order valence-corrected chi connectivity index (χ3v) is 5.17. The fourth-order valence-electron chi connectivity index (χ4n) is 3.25. The maximum Gasteiger partial charge on any atom is 0.179 e. The van der Waals surface area contributed by atoms with Gasteiger partial charge in [-0.1, -0.05) is 48.1 Å². The molecule has 24 heavy (non-hydrogen) atoms. The molecule has 0 amide bonds. The lowest BCUT2D eigenvalue weighted by Gasteiger charge is -2.22. The van der Waals surface area contributed by atoms with Gasteiger partial charge in [-0.25, -0.2) is 0 Å². The van der Waals surface area contributed by atoms with E-state index in [-0.39, 0.29) is 5.92 Å². The second-order valence-electron chi connectivity index (χ2n) is 5.79. The Balaban J connectivity index is 2.13. The number of nitrogens with one attached hydrogen (secondary N) is 1. The quantitative estimate of drug-likeness (QED) is 0.834. The van der Waals surface area contributed by atoms with E-state index >= 15 is 0 Å². The number of hydrogen-bond acceptors (Lipinski definition) is 4. The molecule has 0 fully saturated rings. The van der Waals surface area contributed by atoms with Crippen molar-refractivity contribution in [2.24, 2.45) is 0 Å². The molecule has 1 N–H and O–H groups in total. The van der Waals surface area contributed by atoms with Crippen molar-refractivity contribution in [3.63, 3.8) is 0 Å². The van der Waals surface area contributed by atoms with Gasteiger partial charge in [0.05, 0.1) is 19.2 Å². The second-order valence-corrected chi connectivity index (χ2v) is 6.40. The van der Waals surface area contributed by atoms with Crippen LogP contribution >= 0.6 is 23.8 Å². The summed E-state index contributed by atoms with van der Waals surface area (Å²) in [6, 6.07) is 10.4. The van der Waals surface area contributed by atoms with Gasteiger partial charge in [0.1, 0.15) is 0 Å². The van der Waals surface area contributed by atoms with Crippen LogP contribution in [-0.2, 0) is 6.42 Å². The summed E-state index contributed by atoms with van der Waals surface area (Å²) in [6.07, 6.45) is 0.864. The monoisotopic (exact) mass is 361 g/mol. The first-order chi connectivity index (χ1) is 11.7. The van der Waals surface area contributed by atoms with Crippen LogP contribution in [-0.4, -0.2) is 32.7 Å². The van der Waals surface area contributed by atoms with Gasteiger partial charge in [0.2, 0.25) is 0 Å². The molecule has 1 aliphatic heterocycles. The molecule has 1 aliphatic rings. The Morgan fingerprint density at radius 1 is 1.21 bits per heavy atom. The van der Waals surface area contributed by atoms with Crippen molar-refractivity contribution < 1.29 is 9.47 Å². The van der Waals surface area contributed by atoms with E-state index in [0.29, 0.717) is 16.5 Å². The second kappa shape index (κ2) is 7.51. The van der Waals surface area contributed by atoms with Gasteiger partial charge in [-0.3, -0.25) is 0 Å². The number of hydrogen-bond donors (Lipinski definition) is 1. The zero-order chi connectivity index (χ0) is 17.1. The smallest absolute Gasteiger partial charge is 0.179 e. The number of thiocarbonyl (C=S) groups is 1. The molecular formula is C19H20ClNO2S. The molecule has 0 aromatic heterocycles. The van der Waals surface area contributed by atoms with E-state index in [0.717, 1.165) is 30.6 Å². The summed E-state index contributed by atoms with van der Waals surface area (Å²) in [4.78, 5) is 0. The van der Waals surface area contributed by atoms with Gasteiger partial charge in [-0.05, 0) is 41.3 Å². The first kappa shape index (κ1) is 17.2. The van der Waals surface area contributed by atoms with Crippen LogP contribution < -0.4 is 14.8 Å². The number of methoxy groups -OCH3 is 2. The number of fused-ring (bicyclic) bond motifs is 1. The molecular weight excluding hydrogens is 342 g/mol. The zero-order valence-electron chi connectivity index (χ0n) is 13.8. The van der Waals surface area contributed by atoms with Crippen LogP contribution in [0.15, 0.2) is 30.3 Å². The molecule has 3 nitrogen and oxygen atoms in total. The minimum Gasteiger partial charge on any atom is -0.493 e. The summed E-state index contributed by atoms with van der Waals surface area (Å²) < 4.78 is 10.9. The molecule has 0 saturated carbocycles. The Morgan fingerprint density at radius 3 is 2.58 bits per heavy atom. The van der Waals surface area contributed by atoms with Gasteiger partial charge in [-0.2, -0.15) is 0 Å². The van der Waals surface area contributed by atoms with Gasteiger partial charge in [0.15, 0.2) is 11.5 Å². The van der Waals surface area contributed by atoms with Gasteiger partial charge in [-0.15, -0.1) is 0 Å². The molecule has 1 heterocycles. The van der Waals surface area contributed by atoms with Crippen LogP contribution in [0.1, 0.15) is 28.2 Å². The van der Waals surface area contributed by atoms with E-state index in [9.17, 15) is 0 Å². The summed E-state index contributed by atoms with van der Waals surface area (Å²) in [7, 11) is 3.26. The molecule has 0 aliphatic carbocycles. The normalized spacial score (nSPS) is 16.9. The Morgan fingerprint density at radius 2 is 1.96 bits per heavy atom. The molecule has 0 bridgehead atoms. The predicted molar refractivity (Wildman–Crippen MR) is 102 cm³/mol. The molecule has 1 atom stereocenters. The molecule has 0 radical (unpaired) electrons. The van der Waals surface area contributed by atoms with Crippen molar-refractivity contribution in [2.45, 2.75) is 12.3 Å². The first-order valence-corrected chi connectivity index (χ1v) is 8.73. The fourth-order valence-corrected chi connectivity index (χ4v) is 3.78. The lowest BCUT2D eigenvalue weighted by atomic mass is 9.87. The third-order valence-electron chi connectivity index (χ3n) is 4.50. The minimum atomic E-state index is 0.207. The first-order valence-electron chi connectivity index (χ1n) is 7.88. The molecule has 0 spiro atoms. The maximum absolute atomic E-state index is 6.63. The van der Waals surface area contributed by atoms with E-state index in [1.165, 1.54) is 11.1 Å². The summed E-state index contributed by atoms with van der Waals surface area (Å²) >= 11 is 11.6. The van der Waals surface area contributed by atoms with Crippen LogP contribution in [0.25, 0.3) is 0 Å². The summed E-state index contributed by atoms with van der Waals surface area (Å²) in [5.41, 5.74) is 4.59. The highest BCUT2D eigenvalue weighted by Gasteiger charge is 2.26. The van der Waals surface area contributed by atoms with Crippen LogP contribution in [0.4, 0.5) is 0 Å². The largest absolute Gasteiger partial charge is 0.493 e. The highest BCUT2D eigenvalue weighted by Crippen LogP contribution is 2.43. The molecule has 2 aromatic rings. The Bertz CT molecular complexity index is 746. The number of ether oxygens (including phenoxy) is 2. The molecule has 1 unspecified atom stereocenters. The Hall–Kier alpha value is -1.62. The number of halogens is 1. The number of benzene rings is 2. The highest BCUT2D eigenvalue weighted by molar-refractivity contribution is 7.79. The SMILES string of the molecule is COc1cc2c(c(Cl)c1OC)CCNCC2c1ccc(C=S)cc1. The standard InChI is InChI=1S/C19H20ClNO2S/c1-22-17-9-15-14(18(20)19(17)23-2)7-8-21-10-16(15)13-5-3-12(11-24)4-6-13/h3-6,9,11,16,21H,7-8,10H2,1-2H3. The number of rotatable bonds is 4. The summed E-state index contributed by atoms with van der Waals surface area (Å²) in [5.74, 6) is 1.48.